The quantitative estimate of drug-likeness (QED) is 0.754. The van der Waals surface area contributed by atoms with E-state index in [0.29, 0.717) is 12.3 Å². The number of carbonyl (C=O) groups excluding carboxylic acids is 1. The van der Waals surface area contributed by atoms with E-state index < -0.39 is 0 Å². The molecule has 0 spiro atoms. The minimum Gasteiger partial charge on any atom is -0.292 e. The predicted octanol–water partition coefficient (Wildman–Crippen LogP) is 3.96. The Kier molecular flexibility index (Phi) is 3.03. The van der Waals surface area contributed by atoms with Gasteiger partial charge >= 0.3 is 0 Å². The highest BCUT2D eigenvalue weighted by Gasteiger charge is 2.27. The van der Waals surface area contributed by atoms with Gasteiger partial charge in [0, 0.05) is 17.2 Å². The van der Waals surface area contributed by atoms with Crippen molar-refractivity contribution < 1.29 is 4.79 Å². The van der Waals surface area contributed by atoms with Crippen molar-refractivity contribution in [1.82, 2.24) is 4.98 Å². The van der Waals surface area contributed by atoms with Crippen molar-refractivity contribution >= 4 is 17.1 Å². The van der Waals surface area contributed by atoms with Gasteiger partial charge in [-0.05, 0) is 31.6 Å². The summed E-state index contributed by atoms with van der Waals surface area (Å²) in [5, 5.41) is 1.25. The van der Waals surface area contributed by atoms with Crippen molar-refractivity contribution in [2.24, 2.45) is 5.92 Å². The van der Waals surface area contributed by atoms with Crippen LogP contribution >= 0.6 is 11.3 Å². The minimum atomic E-state index is 0.276. The fraction of sp³-hybridized carbons (Fsp3) is 0.714. The van der Waals surface area contributed by atoms with E-state index in [-0.39, 0.29) is 5.78 Å². The number of hydrogen-bond donors (Lipinski definition) is 0. The largest absolute Gasteiger partial charge is 0.292 e. The maximum Gasteiger partial charge on any atom is 0.182 e. The molecule has 1 heterocycles. The van der Waals surface area contributed by atoms with Crippen LogP contribution in [0.25, 0.3) is 0 Å². The summed E-state index contributed by atoms with van der Waals surface area (Å²) in [5.41, 5.74) is 0.815. The van der Waals surface area contributed by atoms with Gasteiger partial charge in [-0.15, -0.1) is 11.3 Å². The van der Waals surface area contributed by atoms with Gasteiger partial charge in [0.2, 0.25) is 0 Å². The van der Waals surface area contributed by atoms with E-state index in [1.807, 2.05) is 11.3 Å². The monoisotopic (exact) mass is 249 g/mol. The highest BCUT2D eigenvalue weighted by Crippen LogP contribution is 2.39. The molecule has 0 aromatic carbocycles. The van der Waals surface area contributed by atoms with Gasteiger partial charge in [-0.2, -0.15) is 0 Å². The van der Waals surface area contributed by atoms with E-state index in [1.54, 1.807) is 0 Å². The molecule has 0 unspecified atom stereocenters. The Morgan fingerprint density at radius 3 is 2.65 bits per heavy atom. The van der Waals surface area contributed by atoms with Crippen LogP contribution in [0.2, 0.25) is 0 Å². The molecule has 2 nitrogen and oxygen atoms in total. The molecule has 0 radical (unpaired) electrons. The minimum absolute atomic E-state index is 0.276. The van der Waals surface area contributed by atoms with Crippen molar-refractivity contribution in [3.63, 3.8) is 0 Å². The Bertz CT molecular complexity index is 429. The van der Waals surface area contributed by atoms with E-state index in [0.717, 1.165) is 24.5 Å². The molecular weight excluding hydrogens is 230 g/mol. The number of ketones is 1. The van der Waals surface area contributed by atoms with Crippen LogP contribution in [0.1, 0.15) is 71.7 Å². The Balaban J connectivity index is 1.82. The average Bonchev–Trinajstić information content (AvgIpc) is 2.75. The average molecular weight is 249 g/mol. The number of hydrogen-bond acceptors (Lipinski definition) is 3. The molecule has 1 saturated carbocycles. The van der Waals surface area contributed by atoms with Crippen LogP contribution < -0.4 is 0 Å². The number of aryl methyl sites for hydroxylation is 1. The smallest absolute Gasteiger partial charge is 0.182 e. The third-order valence-electron chi connectivity index (χ3n) is 4.15. The molecule has 0 saturated heterocycles. The van der Waals surface area contributed by atoms with Crippen molar-refractivity contribution in [3.05, 3.63) is 15.6 Å². The molecule has 3 heteroatoms. The second-order valence-corrected chi connectivity index (χ2v) is 6.67. The summed E-state index contributed by atoms with van der Waals surface area (Å²) < 4.78 is 0. The van der Waals surface area contributed by atoms with Gasteiger partial charge in [0.25, 0.3) is 0 Å². The second-order valence-electron chi connectivity index (χ2n) is 5.56. The second kappa shape index (κ2) is 4.52. The fourth-order valence-electron chi connectivity index (χ4n) is 2.97. The van der Waals surface area contributed by atoms with Crippen LogP contribution in [0.3, 0.4) is 0 Å². The molecule has 0 N–H and O–H groups in total. The summed E-state index contributed by atoms with van der Waals surface area (Å²) in [6.07, 6.45) is 7.98. The fourth-order valence-corrected chi connectivity index (χ4v) is 4.26. The van der Waals surface area contributed by atoms with Crippen LogP contribution in [0.4, 0.5) is 0 Å². The van der Waals surface area contributed by atoms with Gasteiger partial charge < -0.3 is 0 Å². The van der Waals surface area contributed by atoms with E-state index in [1.165, 1.54) is 35.6 Å². The number of nitrogens with zero attached hydrogens (tertiary/aromatic N) is 1. The Labute approximate surface area is 106 Å². The molecule has 1 fully saturated rings. The first-order valence-corrected chi connectivity index (χ1v) is 7.58. The third-order valence-corrected chi connectivity index (χ3v) is 5.43. The molecule has 0 amide bonds. The molecule has 0 aliphatic heterocycles. The Morgan fingerprint density at radius 2 is 1.94 bits per heavy atom. The zero-order valence-corrected chi connectivity index (χ0v) is 11.2. The topological polar surface area (TPSA) is 30.0 Å². The van der Waals surface area contributed by atoms with E-state index >= 15 is 0 Å². The van der Waals surface area contributed by atoms with Gasteiger partial charge in [0.15, 0.2) is 5.78 Å². The third kappa shape index (κ3) is 2.17. The lowest BCUT2D eigenvalue weighted by atomic mass is 9.83. The molecule has 0 atom stereocenters. The van der Waals surface area contributed by atoms with Gasteiger partial charge in [-0.3, -0.25) is 4.79 Å². The lowest BCUT2D eigenvalue weighted by Gasteiger charge is -2.24. The van der Waals surface area contributed by atoms with Crippen molar-refractivity contribution in [2.45, 2.75) is 57.8 Å². The predicted molar refractivity (Wildman–Crippen MR) is 69.8 cm³/mol. The van der Waals surface area contributed by atoms with Crippen LogP contribution in [0.5, 0.6) is 0 Å². The van der Waals surface area contributed by atoms with Crippen LogP contribution in [-0.4, -0.2) is 10.8 Å². The molecule has 17 heavy (non-hydrogen) atoms. The molecule has 2 aliphatic carbocycles. The zero-order valence-electron chi connectivity index (χ0n) is 10.4. The molecule has 1 aromatic rings. The van der Waals surface area contributed by atoms with Crippen LogP contribution in [0, 0.1) is 5.92 Å². The molecular formula is C14H19NOS. The lowest BCUT2D eigenvalue weighted by molar-refractivity contribution is 0.0968. The van der Waals surface area contributed by atoms with E-state index in [2.05, 4.69) is 11.9 Å². The summed E-state index contributed by atoms with van der Waals surface area (Å²) in [7, 11) is 0. The maximum atomic E-state index is 11.8. The number of carbonyl (C=O) groups is 1. The van der Waals surface area contributed by atoms with Crippen LogP contribution in [-0.2, 0) is 6.42 Å². The van der Waals surface area contributed by atoms with E-state index in [9.17, 15) is 4.79 Å². The van der Waals surface area contributed by atoms with Crippen molar-refractivity contribution in [3.8, 4) is 0 Å². The lowest BCUT2D eigenvalue weighted by Crippen LogP contribution is -2.11. The molecule has 1 aromatic heterocycles. The van der Waals surface area contributed by atoms with Crippen molar-refractivity contribution in [2.75, 3.05) is 0 Å². The molecule has 0 bridgehead atoms. The maximum absolute atomic E-state index is 11.8. The molecule has 2 aliphatic rings. The molecule has 3 rings (SSSR count). The summed E-state index contributed by atoms with van der Waals surface area (Å²) in [5.74, 6) is 1.79. The summed E-state index contributed by atoms with van der Waals surface area (Å²) >= 11 is 1.81. The first kappa shape index (κ1) is 11.4. The Hall–Kier alpha value is -0.700. The number of thiazole rings is 1. The summed E-state index contributed by atoms with van der Waals surface area (Å²) in [4.78, 5) is 17.7. The first-order valence-electron chi connectivity index (χ1n) is 6.77. The first-order chi connectivity index (χ1) is 8.24. The van der Waals surface area contributed by atoms with Gasteiger partial charge in [0.1, 0.15) is 5.69 Å². The summed E-state index contributed by atoms with van der Waals surface area (Å²) in [6, 6.07) is 0. The highest BCUT2D eigenvalue weighted by atomic mass is 32.1. The highest BCUT2D eigenvalue weighted by molar-refractivity contribution is 7.12. The molecule has 92 valence electrons. The van der Waals surface area contributed by atoms with Gasteiger partial charge in [0.05, 0.1) is 5.01 Å². The van der Waals surface area contributed by atoms with Crippen LogP contribution in [0.15, 0.2) is 0 Å². The van der Waals surface area contributed by atoms with Crippen molar-refractivity contribution in [1.29, 1.82) is 0 Å². The van der Waals surface area contributed by atoms with E-state index in [4.69, 9.17) is 0 Å². The SMILES string of the molecule is CC1CCC(c2nc3c(s2)CCCC3=O)CC1. The Morgan fingerprint density at radius 1 is 1.18 bits per heavy atom. The number of fused-ring (bicyclic) bond motifs is 1. The van der Waals surface area contributed by atoms with Gasteiger partial charge in [-0.1, -0.05) is 19.8 Å². The summed E-state index contributed by atoms with van der Waals surface area (Å²) in [6.45, 7) is 2.34. The number of aromatic nitrogens is 1. The van der Waals surface area contributed by atoms with Gasteiger partial charge in [-0.25, -0.2) is 4.98 Å². The normalized spacial score (nSPS) is 29.1. The zero-order chi connectivity index (χ0) is 11.8. The number of Topliss-reactive ketones (excluding diaryl/α,β-unsaturated/α-hetero) is 1. The number of rotatable bonds is 1. The standard InChI is InChI=1S/C14H19NOS/c1-9-5-7-10(8-6-9)14-15-13-11(16)3-2-4-12(13)17-14/h9-10H,2-8H2,1H3.